The summed E-state index contributed by atoms with van der Waals surface area (Å²) in [5.74, 6) is -4.54. The summed E-state index contributed by atoms with van der Waals surface area (Å²) in [6, 6.07) is 13.3. The van der Waals surface area contributed by atoms with Crippen molar-refractivity contribution in [2.75, 3.05) is 13.1 Å². The zero-order chi connectivity index (χ0) is 30.5. The third kappa shape index (κ3) is 9.03. The lowest BCUT2D eigenvalue weighted by Crippen LogP contribution is -2.19. The van der Waals surface area contributed by atoms with E-state index in [1.165, 1.54) is 5.56 Å². The Morgan fingerprint density at radius 3 is 1.83 bits per heavy atom. The van der Waals surface area contributed by atoms with E-state index in [1.807, 2.05) is 31.3 Å². The van der Waals surface area contributed by atoms with Crippen molar-refractivity contribution in [1.29, 1.82) is 5.26 Å². The Hall–Kier alpha value is -5.51. The number of aromatic carboxylic acids is 4. The molecule has 2 heterocycles. The van der Waals surface area contributed by atoms with Crippen molar-refractivity contribution in [2.24, 2.45) is 4.99 Å². The first-order valence-corrected chi connectivity index (χ1v) is 12.3. The topological polar surface area (TPSA) is 215 Å². The Balaban J connectivity index is 0.000000223. The number of rotatable bonds is 8. The molecule has 0 aliphatic carbocycles. The highest BCUT2D eigenvalue weighted by Crippen LogP contribution is 2.18. The van der Waals surface area contributed by atoms with Crippen molar-refractivity contribution in [3.63, 3.8) is 0 Å². The minimum absolute atomic E-state index is 0.511. The molecule has 1 aliphatic rings. The van der Waals surface area contributed by atoms with Crippen LogP contribution >= 0.6 is 0 Å². The molecule has 1 aliphatic heterocycles. The summed E-state index contributed by atoms with van der Waals surface area (Å²) in [4.78, 5) is 51.8. The maximum absolute atomic E-state index is 10.8. The van der Waals surface area contributed by atoms with E-state index in [9.17, 15) is 19.2 Å². The molecule has 0 unspecified atom stereocenters. The third-order valence-electron chi connectivity index (χ3n) is 5.56. The quantitative estimate of drug-likeness (QED) is 0.268. The molecule has 13 heteroatoms. The lowest BCUT2D eigenvalue weighted by Gasteiger charge is -2.06. The van der Waals surface area contributed by atoms with Crippen molar-refractivity contribution >= 4 is 29.7 Å². The largest absolute Gasteiger partial charge is 0.478 e. The fourth-order valence-corrected chi connectivity index (χ4v) is 3.74. The standard InChI is InChI=1S/C10H6O8.C9H13N3.C9H10N2/c11-7(12)3-1-4(8(13)14)6(10(17)18)2-5(3)9(15)16;1-3-9-11-8(2)7-12(9)6-4-5-10;1-2-4-8(5-3-1)9-10-6-7-11-9/h1-2H,(H,11,12)(H,13,14)(H,15,16)(H,17,18);7H,3-4,6H2,1-2H3;1-5H,6-7H2,(H,10,11). The van der Waals surface area contributed by atoms with Gasteiger partial charge in [-0.3, -0.25) is 4.99 Å². The molecule has 0 radical (unpaired) electrons. The summed E-state index contributed by atoms with van der Waals surface area (Å²) in [5, 5.41) is 46.6. The smallest absolute Gasteiger partial charge is 0.336 e. The molecule has 0 saturated carbocycles. The van der Waals surface area contributed by atoms with Crippen LogP contribution in [0.25, 0.3) is 0 Å². The molecule has 5 N–H and O–H groups in total. The minimum Gasteiger partial charge on any atom is -0.478 e. The van der Waals surface area contributed by atoms with Gasteiger partial charge in [0, 0.05) is 31.3 Å². The van der Waals surface area contributed by atoms with Crippen molar-refractivity contribution in [1.82, 2.24) is 14.9 Å². The summed E-state index contributed by atoms with van der Waals surface area (Å²) >= 11 is 0. The number of hydrogen-bond acceptors (Lipinski definition) is 8. The molecule has 4 rings (SSSR count). The summed E-state index contributed by atoms with van der Waals surface area (Å²) in [6.45, 7) is 6.70. The van der Waals surface area contributed by atoms with E-state index in [-0.39, 0.29) is 0 Å². The average Bonchev–Trinajstić information content (AvgIpc) is 3.62. The highest BCUT2D eigenvalue weighted by atomic mass is 16.4. The number of benzene rings is 2. The van der Waals surface area contributed by atoms with Gasteiger partial charge in [-0.1, -0.05) is 37.3 Å². The Kier molecular flexibility index (Phi) is 11.7. The summed E-state index contributed by atoms with van der Waals surface area (Å²) in [7, 11) is 0. The predicted octanol–water partition coefficient (Wildman–Crippen LogP) is 3.18. The first-order chi connectivity index (χ1) is 19.5. The summed E-state index contributed by atoms with van der Waals surface area (Å²) in [6.07, 6.45) is 3.48. The molecule has 0 atom stereocenters. The van der Waals surface area contributed by atoms with E-state index < -0.39 is 46.1 Å². The normalized spacial score (nSPS) is 11.4. The fraction of sp³-hybridized carbons (Fsp3) is 0.250. The van der Waals surface area contributed by atoms with Crippen molar-refractivity contribution in [2.45, 2.75) is 33.2 Å². The van der Waals surface area contributed by atoms with E-state index in [0.29, 0.717) is 18.6 Å². The number of carboxylic acids is 4. The highest BCUT2D eigenvalue weighted by molar-refractivity contribution is 6.09. The van der Waals surface area contributed by atoms with Crippen molar-refractivity contribution < 1.29 is 39.6 Å². The maximum atomic E-state index is 10.8. The van der Waals surface area contributed by atoms with Crippen LogP contribution in [0.1, 0.15) is 71.9 Å². The van der Waals surface area contributed by atoms with E-state index in [0.717, 1.165) is 43.4 Å². The Morgan fingerprint density at radius 1 is 0.927 bits per heavy atom. The van der Waals surface area contributed by atoms with Gasteiger partial charge in [0.15, 0.2) is 0 Å². The molecule has 3 aromatic rings. The Bertz CT molecular complexity index is 1390. The molecular weight excluding hydrogens is 534 g/mol. The number of imidazole rings is 1. The van der Waals surface area contributed by atoms with Gasteiger partial charge in [-0.2, -0.15) is 5.26 Å². The molecule has 2 aromatic carbocycles. The molecular formula is C28H29N5O8. The van der Waals surface area contributed by atoms with Gasteiger partial charge < -0.3 is 30.3 Å². The highest BCUT2D eigenvalue weighted by Gasteiger charge is 2.25. The van der Waals surface area contributed by atoms with Crippen LogP contribution in [0.5, 0.6) is 0 Å². The van der Waals surface area contributed by atoms with Gasteiger partial charge in [0.2, 0.25) is 0 Å². The number of aromatic nitrogens is 2. The molecule has 0 amide bonds. The van der Waals surface area contributed by atoms with E-state index in [1.54, 1.807) is 0 Å². The predicted molar refractivity (Wildman–Crippen MR) is 147 cm³/mol. The van der Waals surface area contributed by atoms with Crippen molar-refractivity contribution in [3.8, 4) is 6.07 Å². The lowest BCUT2D eigenvalue weighted by molar-refractivity contribution is 0.0637. The van der Waals surface area contributed by atoms with Crippen LogP contribution in [0.4, 0.5) is 0 Å². The van der Waals surface area contributed by atoms with Gasteiger partial charge in [-0.05, 0) is 19.1 Å². The molecule has 13 nitrogen and oxygen atoms in total. The number of carboxylic acid groups (broad SMARTS) is 4. The first kappa shape index (κ1) is 31.7. The molecule has 0 fully saturated rings. The van der Waals surface area contributed by atoms with E-state index in [2.05, 4.69) is 45.0 Å². The average molecular weight is 564 g/mol. The second-order valence-electron chi connectivity index (χ2n) is 8.44. The molecule has 1 aromatic heterocycles. The summed E-state index contributed by atoms with van der Waals surface area (Å²) < 4.78 is 2.05. The fourth-order valence-electron chi connectivity index (χ4n) is 3.74. The number of aryl methyl sites for hydroxylation is 3. The molecule has 0 saturated heterocycles. The second kappa shape index (κ2) is 15.2. The van der Waals surface area contributed by atoms with Crippen LogP contribution < -0.4 is 5.32 Å². The number of nitrogens with one attached hydrogen (secondary N) is 1. The van der Waals surface area contributed by atoms with E-state index in [4.69, 9.17) is 25.7 Å². The zero-order valence-corrected chi connectivity index (χ0v) is 22.4. The minimum atomic E-state index is -1.66. The number of amidine groups is 1. The Morgan fingerprint density at radius 2 is 1.44 bits per heavy atom. The van der Waals surface area contributed by atoms with Crippen LogP contribution in [0.3, 0.4) is 0 Å². The van der Waals surface area contributed by atoms with Crippen LogP contribution in [0, 0.1) is 18.3 Å². The molecule has 214 valence electrons. The third-order valence-corrected chi connectivity index (χ3v) is 5.56. The molecule has 41 heavy (non-hydrogen) atoms. The van der Waals surface area contributed by atoms with Crippen LogP contribution in [-0.4, -0.2) is 72.8 Å². The molecule has 0 spiro atoms. The van der Waals surface area contributed by atoms with E-state index >= 15 is 0 Å². The monoisotopic (exact) mass is 563 g/mol. The van der Waals surface area contributed by atoms with Gasteiger partial charge in [0.05, 0.1) is 47.0 Å². The number of hydrogen-bond donors (Lipinski definition) is 5. The van der Waals surface area contributed by atoms with Gasteiger partial charge in [-0.15, -0.1) is 0 Å². The van der Waals surface area contributed by atoms with Gasteiger partial charge in [0.1, 0.15) is 11.7 Å². The SMILES string of the molecule is CCc1nc(C)cn1CCC#N.O=C(O)c1cc(C(=O)O)c(C(=O)O)cc1C(=O)O.c1ccc(C2=NCCN2)cc1. The van der Waals surface area contributed by atoms with Crippen LogP contribution in [-0.2, 0) is 13.0 Å². The number of aliphatic imine (C=N–C) groups is 1. The van der Waals surface area contributed by atoms with Crippen LogP contribution in [0.2, 0.25) is 0 Å². The summed E-state index contributed by atoms with van der Waals surface area (Å²) in [5.41, 5.74) is -0.931. The number of nitrogens with zero attached hydrogens (tertiary/aromatic N) is 4. The lowest BCUT2D eigenvalue weighted by atomic mass is 9.98. The second-order valence-corrected chi connectivity index (χ2v) is 8.44. The number of carbonyl (C=O) groups is 4. The van der Waals surface area contributed by atoms with Crippen molar-refractivity contribution in [3.05, 3.63) is 88.0 Å². The van der Waals surface area contributed by atoms with Gasteiger partial charge in [-0.25, -0.2) is 24.2 Å². The Labute approximate surface area is 235 Å². The first-order valence-electron chi connectivity index (χ1n) is 12.3. The van der Waals surface area contributed by atoms with Crippen LogP contribution in [0.15, 0.2) is 53.7 Å². The number of nitriles is 1. The van der Waals surface area contributed by atoms with Gasteiger partial charge in [0.25, 0.3) is 0 Å². The zero-order valence-electron chi connectivity index (χ0n) is 22.4. The maximum Gasteiger partial charge on any atom is 0.336 e. The van der Waals surface area contributed by atoms with Gasteiger partial charge >= 0.3 is 23.9 Å². The molecule has 0 bridgehead atoms.